The van der Waals surface area contributed by atoms with Gasteiger partial charge in [-0.05, 0) is 18.6 Å². The number of hydrogen-bond acceptors (Lipinski definition) is 4. The lowest BCUT2D eigenvalue weighted by atomic mass is 10.2. The molecular formula is C15H22N4O2. The van der Waals surface area contributed by atoms with Crippen LogP contribution in [0.15, 0.2) is 12.3 Å². The van der Waals surface area contributed by atoms with Crippen LogP contribution < -0.4 is 0 Å². The van der Waals surface area contributed by atoms with Gasteiger partial charge in [-0.25, -0.2) is 0 Å². The molecule has 1 atom stereocenters. The molecule has 0 radical (unpaired) electrons. The molecule has 0 spiro atoms. The SMILES string of the molecule is CCn1cc(CN2CCOC(C(=O)N(C)C)C2)cc1C#N. The van der Waals surface area contributed by atoms with Crippen molar-refractivity contribution < 1.29 is 9.53 Å². The second-order valence-electron chi connectivity index (χ2n) is 5.46. The number of nitrogens with zero attached hydrogens (tertiary/aromatic N) is 4. The molecule has 0 aliphatic carbocycles. The molecule has 1 aromatic heterocycles. The average molecular weight is 290 g/mol. The van der Waals surface area contributed by atoms with Crippen LogP contribution in [-0.4, -0.2) is 60.2 Å². The number of aromatic nitrogens is 1. The van der Waals surface area contributed by atoms with Crippen LogP contribution in [0, 0.1) is 11.3 Å². The molecule has 0 bridgehead atoms. The first-order valence-corrected chi connectivity index (χ1v) is 7.19. The van der Waals surface area contributed by atoms with Gasteiger partial charge in [-0.15, -0.1) is 0 Å². The molecule has 1 unspecified atom stereocenters. The maximum absolute atomic E-state index is 12.0. The molecule has 1 aromatic rings. The van der Waals surface area contributed by atoms with Gasteiger partial charge in [0.25, 0.3) is 5.91 Å². The number of amides is 1. The van der Waals surface area contributed by atoms with Crippen LogP contribution in [0.5, 0.6) is 0 Å². The fourth-order valence-electron chi connectivity index (χ4n) is 2.55. The van der Waals surface area contributed by atoms with E-state index < -0.39 is 6.10 Å². The zero-order valence-electron chi connectivity index (χ0n) is 12.9. The first kappa shape index (κ1) is 15.5. The van der Waals surface area contributed by atoms with Gasteiger partial charge in [0.05, 0.1) is 6.61 Å². The maximum Gasteiger partial charge on any atom is 0.252 e. The summed E-state index contributed by atoms with van der Waals surface area (Å²) in [5.41, 5.74) is 1.79. The van der Waals surface area contributed by atoms with Crippen molar-refractivity contribution in [1.82, 2.24) is 14.4 Å². The fraction of sp³-hybridized carbons (Fsp3) is 0.600. The van der Waals surface area contributed by atoms with Crippen molar-refractivity contribution in [2.75, 3.05) is 33.8 Å². The topological polar surface area (TPSA) is 61.5 Å². The first-order chi connectivity index (χ1) is 10.0. The standard InChI is InChI=1S/C15H22N4O2/c1-4-19-10-12(7-13(19)8-16)9-18-5-6-21-14(11-18)15(20)17(2)3/h7,10,14H,4-6,9,11H2,1-3H3. The number of likely N-dealkylation sites (N-methyl/N-ethyl adjacent to an activating group) is 1. The highest BCUT2D eigenvalue weighted by molar-refractivity contribution is 5.80. The summed E-state index contributed by atoms with van der Waals surface area (Å²) in [6, 6.07) is 4.12. The van der Waals surface area contributed by atoms with Crippen LogP contribution >= 0.6 is 0 Å². The molecule has 0 saturated carbocycles. The number of nitriles is 1. The molecule has 1 amide bonds. The van der Waals surface area contributed by atoms with Crippen molar-refractivity contribution in [1.29, 1.82) is 5.26 Å². The zero-order chi connectivity index (χ0) is 15.4. The molecule has 21 heavy (non-hydrogen) atoms. The van der Waals surface area contributed by atoms with E-state index in [1.165, 1.54) is 0 Å². The summed E-state index contributed by atoms with van der Waals surface area (Å²) >= 11 is 0. The second kappa shape index (κ2) is 6.74. The van der Waals surface area contributed by atoms with Gasteiger partial charge >= 0.3 is 0 Å². The molecule has 1 fully saturated rings. The number of aryl methyl sites for hydroxylation is 1. The van der Waals surface area contributed by atoms with Crippen LogP contribution in [0.1, 0.15) is 18.2 Å². The number of carbonyl (C=O) groups excluding carboxylic acids is 1. The van der Waals surface area contributed by atoms with Crippen LogP contribution in [0.2, 0.25) is 0 Å². The Bertz CT molecular complexity index is 544. The number of hydrogen-bond donors (Lipinski definition) is 0. The summed E-state index contributed by atoms with van der Waals surface area (Å²) in [7, 11) is 3.48. The summed E-state index contributed by atoms with van der Waals surface area (Å²) in [5.74, 6) is 0.00328. The number of rotatable bonds is 4. The van der Waals surface area contributed by atoms with Crippen molar-refractivity contribution in [3.8, 4) is 6.07 Å². The number of carbonyl (C=O) groups is 1. The molecule has 2 rings (SSSR count). The van der Waals surface area contributed by atoms with E-state index in [4.69, 9.17) is 10.00 Å². The fourth-order valence-corrected chi connectivity index (χ4v) is 2.55. The van der Waals surface area contributed by atoms with Crippen LogP contribution in [0.3, 0.4) is 0 Å². The highest BCUT2D eigenvalue weighted by Crippen LogP contribution is 2.14. The predicted octanol–water partition coefficient (Wildman–Crippen LogP) is 0.669. The summed E-state index contributed by atoms with van der Waals surface area (Å²) in [4.78, 5) is 15.7. The van der Waals surface area contributed by atoms with Gasteiger partial charge in [0.1, 0.15) is 17.9 Å². The van der Waals surface area contributed by atoms with Gasteiger partial charge in [0, 0.05) is 46.5 Å². The Hall–Kier alpha value is -1.84. The molecule has 2 heterocycles. The quantitative estimate of drug-likeness (QED) is 0.817. The minimum Gasteiger partial charge on any atom is -0.366 e. The third kappa shape index (κ3) is 3.63. The minimum absolute atomic E-state index is 0.00328. The van der Waals surface area contributed by atoms with Gasteiger partial charge in [0.2, 0.25) is 0 Å². The van der Waals surface area contributed by atoms with Gasteiger partial charge < -0.3 is 14.2 Å². The third-order valence-electron chi connectivity index (χ3n) is 3.68. The smallest absolute Gasteiger partial charge is 0.252 e. The maximum atomic E-state index is 12.0. The lowest BCUT2D eigenvalue weighted by Crippen LogP contribution is -2.49. The van der Waals surface area contributed by atoms with Crippen molar-refractivity contribution in [2.24, 2.45) is 0 Å². The van der Waals surface area contributed by atoms with Gasteiger partial charge in [-0.1, -0.05) is 0 Å². The van der Waals surface area contributed by atoms with E-state index >= 15 is 0 Å². The lowest BCUT2D eigenvalue weighted by molar-refractivity contribution is -0.147. The van der Waals surface area contributed by atoms with E-state index in [-0.39, 0.29) is 5.91 Å². The summed E-state index contributed by atoms with van der Waals surface area (Å²) < 4.78 is 7.49. The van der Waals surface area contributed by atoms with E-state index in [2.05, 4.69) is 11.0 Å². The van der Waals surface area contributed by atoms with Crippen molar-refractivity contribution in [2.45, 2.75) is 26.1 Å². The van der Waals surface area contributed by atoms with E-state index in [0.29, 0.717) is 18.8 Å². The van der Waals surface area contributed by atoms with Crippen molar-refractivity contribution in [3.63, 3.8) is 0 Å². The Morgan fingerprint density at radius 2 is 2.33 bits per heavy atom. The Kier molecular flexibility index (Phi) is 4.99. The zero-order valence-corrected chi connectivity index (χ0v) is 12.9. The van der Waals surface area contributed by atoms with E-state index in [9.17, 15) is 4.79 Å². The van der Waals surface area contributed by atoms with Crippen LogP contribution in [0.25, 0.3) is 0 Å². The Morgan fingerprint density at radius 1 is 1.57 bits per heavy atom. The average Bonchev–Trinajstić information content (AvgIpc) is 2.88. The molecule has 6 heteroatoms. The predicted molar refractivity (Wildman–Crippen MR) is 78.5 cm³/mol. The van der Waals surface area contributed by atoms with E-state index in [1.807, 2.05) is 23.8 Å². The molecular weight excluding hydrogens is 268 g/mol. The van der Waals surface area contributed by atoms with Gasteiger partial charge in [-0.2, -0.15) is 5.26 Å². The monoisotopic (exact) mass is 290 g/mol. The summed E-state index contributed by atoms with van der Waals surface area (Å²) in [5, 5.41) is 9.09. The minimum atomic E-state index is -0.391. The van der Waals surface area contributed by atoms with Gasteiger partial charge in [-0.3, -0.25) is 9.69 Å². The van der Waals surface area contributed by atoms with Crippen LogP contribution in [0.4, 0.5) is 0 Å². The Balaban J connectivity index is 2.01. The normalized spacial score (nSPS) is 19.2. The molecule has 6 nitrogen and oxygen atoms in total. The summed E-state index contributed by atoms with van der Waals surface area (Å²) in [6.45, 7) is 5.50. The first-order valence-electron chi connectivity index (χ1n) is 7.19. The summed E-state index contributed by atoms with van der Waals surface area (Å²) in [6.07, 6.45) is 1.62. The Labute approximate surface area is 125 Å². The number of morpholine rings is 1. The van der Waals surface area contributed by atoms with E-state index in [1.54, 1.807) is 19.0 Å². The largest absolute Gasteiger partial charge is 0.366 e. The highest BCUT2D eigenvalue weighted by atomic mass is 16.5. The molecule has 0 N–H and O–H groups in total. The molecule has 1 aliphatic heterocycles. The van der Waals surface area contributed by atoms with Gasteiger partial charge in [0.15, 0.2) is 0 Å². The van der Waals surface area contributed by atoms with Crippen molar-refractivity contribution in [3.05, 3.63) is 23.5 Å². The molecule has 1 aliphatic rings. The van der Waals surface area contributed by atoms with Crippen LogP contribution in [-0.2, 0) is 22.6 Å². The van der Waals surface area contributed by atoms with E-state index in [0.717, 1.165) is 25.2 Å². The highest BCUT2D eigenvalue weighted by Gasteiger charge is 2.27. The molecule has 114 valence electrons. The number of ether oxygens (including phenoxy) is 1. The second-order valence-corrected chi connectivity index (χ2v) is 5.46. The van der Waals surface area contributed by atoms with Crippen molar-refractivity contribution >= 4 is 5.91 Å². The molecule has 0 aromatic carbocycles. The third-order valence-corrected chi connectivity index (χ3v) is 3.68. The Morgan fingerprint density at radius 3 is 2.90 bits per heavy atom. The lowest BCUT2D eigenvalue weighted by Gasteiger charge is -2.33. The molecule has 1 saturated heterocycles.